The van der Waals surface area contributed by atoms with Crippen molar-refractivity contribution in [2.75, 3.05) is 0 Å². The summed E-state index contributed by atoms with van der Waals surface area (Å²) in [6.07, 6.45) is 0. The Hall–Kier alpha value is -0.640. The van der Waals surface area contributed by atoms with Crippen LogP contribution in [0.4, 0.5) is 0 Å². The van der Waals surface area contributed by atoms with Gasteiger partial charge in [-0.05, 0) is 23.8 Å². The Labute approximate surface area is 101 Å². The summed E-state index contributed by atoms with van der Waals surface area (Å²) in [4.78, 5) is 4.28. The molecule has 78 valence electrons. The van der Waals surface area contributed by atoms with Gasteiger partial charge in [0.05, 0.1) is 22.8 Å². The molecule has 0 saturated heterocycles. The number of fused-ring (bicyclic) bond motifs is 1. The second-order valence-corrected chi connectivity index (χ2v) is 4.21. The van der Waals surface area contributed by atoms with Crippen molar-refractivity contribution in [2.24, 2.45) is 0 Å². The maximum Gasteiger partial charge on any atom is 0.0853 e. The minimum Gasteiger partial charge on any atom is -0.390 e. The normalized spacial score (nSPS) is 10.9. The molecular formula is C11H9BrClNO. The molecule has 1 aromatic heterocycles. The molecule has 1 aromatic carbocycles. The van der Waals surface area contributed by atoms with E-state index < -0.39 is 0 Å². The van der Waals surface area contributed by atoms with Crippen LogP contribution >= 0.6 is 27.5 Å². The van der Waals surface area contributed by atoms with Gasteiger partial charge >= 0.3 is 0 Å². The number of benzene rings is 1. The van der Waals surface area contributed by atoms with E-state index in [9.17, 15) is 0 Å². The fourth-order valence-electron chi connectivity index (χ4n) is 1.45. The molecular weight excluding hydrogens is 277 g/mol. The van der Waals surface area contributed by atoms with E-state index in [1.54, 1.807) is 6.07 Å². The number of alkyl halides is 1. The standard InChI is InChI=1S/C11H9BrClNO/c12-5-7-1-2-11-9(3-7)10(13)4-8(6-15)14-11/h1-4,15H,5-6H2. The highest BCUT2D eigenvalue weighted by Gasteiger charge is 2.04. The third kappa shape index (κ3) is 2.14. The van der Waals surface area contributed by atoms with Crippen LogP contribution in [0.15, 0.2) is 24.3 Å². The molecule has 0 fully saturated rings. The van der Waals surface area contributed by atoms with Crippen molar-refractivity contribution in [3.05, 3.63) is 40.5 Å². The van der Waals surface area contributed by atoms with Gasteiger partial charge in [0.1, 0.15) is 0 Å². The first-order valence-corrected chi connectivity index (χ1v) is 5.99. The largest absolute Gasteiger partial charge is 0.390 e. The number of halogens is 2. The topological polar surface area (TPSA) is 33.1 Å². The lowest BCUT2D eigenvalue weighted by Crippen LogP contribution is -1.91. The summed E-state index contributed by atoms with van der Waals surface area (Å²) in [5.74, 6) is 0. The summed E-state index contributed by atoms with van der Waals surface area (Å²) in [6.45, 7) is -0.0874. The Morgan fingerprint density at radius 2 is 2.13 bits per heavy atom. The number of aromatic nitrogens is 1. The van der Waals surface area contributed by atoms with Crippen molar-refractivity contribution in [2.45, 2.75) is 11.9 Å². The van der Waals surface area contributed by atoms with Gasteiger partial charge in [-0.3, -0.25) is 4.98 Å². The first-order chi connectivity index (χ1) is 7.24. The van der Waals surface area contributed by atoms with E-state index >= 15 is 0 Å². The summed E-state index contributed by atoms with van der Waals surface area (Å²) in [7, 11) is 0. The van der Waals surface area contributed by atoms with Gasteiger partial charge in [0, 0.05) is 10.7 Å². The average molecular weight is 287 g/mol. The molecule has 0 spiro atoms. The number of pyridine rings is 1. The third-order valence-electron chi connectivity index (χ3n) is 2.19. The fraction of sp³-hybridized carbons (Fsp3) is 0.182. The van der Waals surface area contributed by atoms with E-state index in [2.05, 4.69) is 20.9 Å². The molecule has 0 atom stereocenters. The summed E-state index contributed by atoms with van der Waals surface area (Å²) < 4.78 is 0. The number of nitrogens with zero attached hydrogens (tertiary/aromatic N) is 1. The van der Waals surface area contributed by atoms with Crippen LogP contribution in [0.2, 0.25) is 5.02 Å². The second-order valence-electron chi connectivity index (χ2n) is 3.24. The molecule has 1 N–H and O–H groups in total. The maximum absolute atomic E-state index is 8.99. The zero-order valence-electron chi connectivity index (χ0n) is 7.87. The molecule has 0 aliphatic rings. The van der Waals surface area contributed by atoms with Crippen LogP contribution in [0.5, 0.6) is 0 Å². The molecule has 0 saturated carbocycles. The van der Waals surface area contributed by atoms with E-state index in [-0.39, 0.29) is 6.61 Å². The monoisotopic (exact) mass is 285 g/mol. The number of rotatable bonds is 2. The van der Waals surface area contributed by atoms with Crippen LogP contribution in [-0.4, -0.2) is 10.1 Å². The van der Waals surface area contributed by atoms with Crippen LogP contribution in [0.1, 0.15) is 11.3 Å². The van der Waals surface area contributed by atoms with Crippen molar-refractivity contribution in [3.8, 4) is 0 Å². The molecule has 0 unspecified atom stereocenters. The Morgan fingerprint density at radius 1 is 1.33 bits per heavy atom. The number of hydrogen-bond donors (Lipinski definition) is 1. The number of hydrogen-bond acceptors (Lipinski definition) is 2. The van der Waals surface area contributed by atoms with Crippen LogP contribution < -0.4 is 0 Å². The van der Waals surface area contributed by atoms with Crippen molar-refractivity contribution in [1.82, 2.24) is 4.98 Å². The van der Waals surface area contributed by atoms with Crippen molar-refractivity contribution in [3.63, 3.8) is 0 Å². The second kappa shape index (κ2) is 4.47. The molecule has 0 amide bonds. The van der Waals surface area contributed by atoms with E-state index in [1.165, 1.54) is 0 Å². The molecule has 0 bridgehead atoms. The predicted molar refractivity (Wildman–Crippen MR) is 65.3 cm³/mol. The lowest BCUT2D eigenvalue weighted by Gasteiger charge is -2.04. The highest BCUT2D eigenvalue weighted by molar-refractivity contribution is 9.08. The summed E-state index contributed by atoms with van der Waals surface area (Å²) >= 11 is 9.50. The van der Waals surface area contributed by atoms with Crippen molar-refractivity contribution in [1.29, 1.82) is 0 Å². The van der Waals surface area contributed by atoms with Gasteiger partial charge in [-0.1, -0.05) is 33.6 Å². The molecule has 0 radical (unpaired) electrons. The van der Waals surface area contributed by atoms with E-state index in [1.807, 2.05) is 18.2 Å². The van der Waals surface area contributed by atoms with Crippen LogP contribution in [0, 0.1) is 0 Å². The zero-order valence-corrected chi connectivity index (χ0v) is 10.2. The molecule has 2 rings (SSSR count). The smallest absolute Gasteiger partial charge is 0.0853 e. The quantitative estimate of drug-likeness (QED) is 0.860. The van der Waals surface area contributed by atoms with Crippen LogP contribution in [0.25, 0.3) is 10.9 Å². The first-order valence-electron chi connectivity index (χ1n) is 4.49. The van der Waals surface area contributed by atoms with Crippen LogP contribution in [-0.2, 0) is 11.9 Å². The highest BCUT2D eigenvalue weighted by atomic mass is 79.9. The van der Waals surface area contributed by atoms with Crippen molar-refractivity contribution < 1.29 is 5.11 Å². The molecule has 0 aliphatic heterocycles. The van der Waals surface area contributed by atoms with Crippen LogP contribution in [0.3, 0.4) is 0 Å². The summed E-state index contributed by atoms with van der Waals surface area (Å²) in [6, 6.07) is 7.60. The Bertz CT molecular complexity index is 501. The molecule has 15 heavy (non-hydrogen) atoms. The summed E-state index contributed by atoms with van der Waals surface area (Å²) in [5.41, 5.74) is 2.57. The lowest BCUT2D eigenvalue weighted by molar-refractivity contribution is 0.277. The Morgan fingerprint density at radius 3 is 2.80 bits per heavy atom. The van der Waals surface area contributed by atoms with Gasteiger partial charge in [0.15, 0.2) is 0 Å². The Kier molecular flexibility index (Phi) is 3.24. The molecule has 4 heteroatoms. The Balaban J connectivity index is 2.68. The van der Waals surface area contributed by atoms with Gasteiger partial charge in [-0.2, -0.15) is 0 Å². The predicted octanol–water partition coefficient (Wildman–Crippen LogP) is 3.28. The van der Waals surface area contributed by atoms with E-state index in [4.69, 9.17) is 16.7 Å². The molecule has 2 nitrogen and oxygen atoms in total. The summed E-state index contributed by atoms with van der Waals surface area (Å²) in [5, 5.41) is 11.3. The maximum atomic E-state index is 8.99. The van der Waals surface area contributed by atoms with Gasteiger partial charge < -0.3 is 5.11 Å². The van der Waals surface area contributed by atoms with E-state index in [0.29, 0.717) is 10.7 Å². The minimum atomic E-state index is -0.0874. The fourth-order valence-corrected chi connectivity index (χ4v) is 2.07. The van der Waals surface area contributed by atoms with Gasteiger partial charge in [-0.25, -0.2) is 0 Å². The average Bonchev–Trinajstić information content (AvgIpc) is 2.28. The first kappa shape index (κ1) is 10.9. The zero-order chi connectivity index (χ0) is 10.8. The SMILES string of the molecule is OCc1cc(Cl)c2cc(CBr)ccc2n1. The van der Waals surface area contributed by atoms with Gasteiger partial charge in [0.25, 0.3) is 0 Å². The molecule has 2 aromatic rings. The van der Waals surface area contributed by atoms with Crippen molar-refractivity contribution >= 4 is 38.4 Å². The highest BCUT2D eigenvalue weighted by Crippen LogP contribution is 2.25. The van der Waals surface area contributed by atoms with E-state index in [0.717, 1.165) is 21.8 Å². The molecule has 1 heterocycles. The van der Waals surface area contributed by atoms with Gasteiger partial charge in [0.2, 0.25) is 0 Å². The third-order valence-corrected chi connectivity index (χ3v) is 3.15. The number of aliphatic hydroxyl groups excluding tert-OH is 1. The number of aliphatic hydroxyl groups is 1. The molecule has 0 aliphatic carbocycles. The minimum absolute atomic E-state index is 0.0874. The lowest BCUT2D eigenvalue weighted by atomic mass is 10.1. The van der Waals surface area contributed by atoms with Gasteiger partial charge in [-0.15, -0.1) is 0 Å².